The predicted molar refractivity (Wildman–Crippen MR) is 142 cm³/mol. The van der Waals surface area contributed by atoms with Gasteiger partial charge in [-0.1, -0.05) is 42.5 Å². The average Bonchev–Trinajstić information content (AvgIpc) is 3.45. The monoisotopic (exact) mass is 496 g/mol. The lowest BCUT2D eigenvalue weighted by Crippen LogP contribution is -2.37. The number of piperidine rings is 1. The number of rotatable bonds is 5. The zero-order valence-corrected chi connectivity index (χ0v) is 20.8. The zero-order chi connectivity index (χ0) is 25.5. The summed E-state index contributed by atoms with van der Waals surface area (Å²) in [7, 11) is 1.80. The molecule has 4 heterocycles. The summed E-state index contributed by atoms with van der Waals surface area (Å²) in [6.45, 7) is 3.38. The van der Waals surface area contributed by atoms with E-state index in [2.05, 4.69) is 30.2 Å². The van der Waals surface area contributed by atoms with E-state index in [1.54, 1.807) is 11.6 Å². The number of nitrogens with zero attached hydrogens (tertiary/aromatic N) is 6. The van der Waals surface area contributed by atoms with Crippen LogP contribution in [-0.4, -0.2) is 48.1 Å². The number of anilines is 1. The van der Waals surface area contributed by atoms with E-state index in [0.717, 1.165) is 29.4 Å². The van der Waals surface area contributed by atoms with E-state index in [9.17, 15) is 9.59 Å². The number of fused-ring (bicyclic) bond motifs is 2. The Bertz CT molecular complexity index is 1640. The van der Waals surface area contributed by atoms with Crippen molar-refractivity contribution in [3.05, 3.63) is 82.8 Å². The molecule has 1 amide bonds. The molecule has 10 nitrogen and oxygen atoms in total. The lowest BCUT2D eigenvalue weighted by atomic mass is 10.0. The number of amides is 1. The highest BCUT2D eigenvalue weighted by molar-refractivity contribution is 5.96. The van der Waals surface area contributed by atoms with E-state index in [1.807, 2.05) is 66.1 Å². The van der Waals surface area contributed by atoms with Crippen molar-refractivity contribution >= 4 is 33.9 Å². The average molecular weight is 497 g/mol. The van der Waals surface area contributed by atoms with Gasteiger partial charge in [0.25, 0.3) is 5.91 Å². The van der Waals surface area contributed by atoms with Crippen molar-refractivity contribution in [3.8, 4) is 0 Å². The van der Waals surface area contributed by atoms with Gasteiger partial charge in [-0.15, -0.1) is 0 Å². The number of carbonyl (C=O) groups is 1. The number of benzene rings is 2. The zero-order valence-electron chi connectivity index (χ0n) is 20.8. The molecule has 0 saturated carbocycles. The number of para-hydroxylation sites is 2. The number of carbonyl (C=O) groups excluding carboxylic acids is 1. The van der Waals surface area contributed by atoms with Gasteiger partial charge in [0.2, 0.25) is 5.82 Å². The maximum atomic E-state index is 13.1. The molecule has 0 spiro atoms. The van der Waals surface area contributed by atoms with Crippen LogP contribution in [0.1, 0.15) is 48.0 Å². The van der Waals surface area contributed by atoms with E-state index in [-0.39, 0.29) is 23.7 Å². The summed E-state index contributed by atoms with van der Waals surface area (Å²) in [6.07, 6.45) is 3.11. The normalized spacial score (nSPS) is 15.4. The Kier molecular flexibility index (Phi) is 5.71. The fourth-order valence-corrected chi connectivity index (χ4v) is 5.28. The first kappa shape index (κ1) is 23.0. The summed E-state index contributed by atoms with van der Waals surface area (Å²) in [5.41, 5.74) is 3.94. The number of aryl methyl sites for hydroxylation is 1. The van der Waals surface area contributed by atoms with Crippen LogP contribution in [0.25, 0.3) is 22.2 Å². The molecular formula is C27H28N8O2. The fourth-order valence-electron chi connectivity index (χ4n) is 5.28. The van der Waals surface area contributed by atoms with E-state index in [1.165, 1.54) is 6.33 Å². The third-order valence-electron chi connectivity index (χ3n) is 7.24. The third-order valence-corrected chi connectivity index (χ3v) is 7.24. The summed E-state index contributed by atoms with van der Waals surface area (Å²) < 4.78 is 3.59. The largest absolute Gasteiger partial charge is 0.355 e. The van der Waals surface area contributed by atoms with Gasteiger partial charge in [0.1, 0.15) is 6.33 Å². The Labute approximate surface area is 213 Å². The lowest BCUT2D eigenvalue weighted by Gasteiger charge is -2.33. The highest BCUT2D eigenvalue weighted by Gasteiger charge is 2.27. The molecule has 1 atom stereocenters. The quantitative estimate of drug-likeness (QED) is 0.386. The first-order chi connectivity index (χ1) is 18.0. The van der Waals surface area contributed by atoms with E-state index < -0.39 is 0 Å². The van der Waals surface area contributed by atoms with Crippen molar-refractivity contribution in [2.45, 2.75) is 31.8 Å². The van der Waals surface area contributed by atoms with Crippen molar-refractivity contribution in [1.82, 2.24) is 34.4 Å². The van der Waals surface area contributed by atoms with Crippen LogP contribution in [0.15, 0.2) is 65.7 Å². The van der Waals surface area contributed by atoms with E-state index in [0.29, 0.717) is 35.9 Å². The summed E-state index contributed by atoms with van der Waals surface area (Å²) in [4.78, 5) is 44.5. The summed E-state index contributed by atoms with van der Waals surface area (Å²) in [6, 6.07) is 17.5. The van der Waals surface area contributed by atoms with Crippen LogP contribution < -0.4 is 15.9 Å². The van der Waals surface area contributed by atoms with Crippen LogP contribution in [0, 0.1) is 0 Å². The van der Waals surface area contributed by atoms with Crippen LogP contribution >= 0.6 is 0 Å². The van der Waals surface area contributed by atoms with Crippen LogP contribution in [0.5, 0.6) is 0 Å². The van der Waals surface area contributed by atoms with E-state index >= 15 is 0 Å². The Morgan fingerprint density at radius 3 is 2.57 bits per heavy atom. The Balaban J connectivity index is 1.24. The number of aromatic amines is 1. The molecule has 1 aliphatic rings. The minimum absolute atomic E-state index is 0.0748. The van der Waals surface area contributed by atoms with Crippen LogP contribution in [0.4, 0.5) is 5.82 Å². The molecule has 1 fully saturated rings. The topological polar surface area (TPSA) is 114 Å². The van der Waals surface area contributed by atoms with Crippen molar-refractivity contribution in [1.29, 1.82) is 0 Å². The minimum atomic E-state index is -0.264. The Morgan fingerprint density at radius 1 is 1.05 bits per heavy atom. The number of H-pyrrole nitrogens is 1. The predicted octanol–water partition coefficient (Wildman–Crippen LogP) is 3.34. The smallest absolute Gasteiger partial charge is 0.326 e. The molecule has 10 heteroatoms. The molecule has 0 bridgehead atoms. The Hall–Kier alpha value is -4.47. The molecule has 2 N–H and O–H groups in total. The van der Waals surface area contributed by atoms with Gasteiger partial charge in [-0.05, 0) is 37.5 Å². The second-order valence-corrected chi connectivity index (χ2v) is 9.51. The maximum absolute atomic E-state index is 13.1. The molecule has 0 aliphatic carbocycles. The van der Waals surface area contributed by atoms with Crippen molar-refractivity contribution in [2.75, 3.05) is 18.0 Å². The van der Waals surface area contributed by atoms with Gasteiger partial charge in [0.05, 0.1) is 17.1 Å². The standard InChI is InChI=1S/C27H28N8O2/c1-17(18-8-4-3-5-9-18)30-26(36)25-32-22-23(33(25)2)28-16-29-24(22)34-14-12-19(13-15-34)35-21-11-7-6-10-20(21)31-27(35)37/h3-11,16-17,19H,12-15H2,1-2H3,(H,30,36)(H,31,37). The van der Waals surface area contributed by atoms with E-state index in [4.69, 9.17) is 0 Å². The minimum Gasteiger partial charge on any atom is -0.355 e. The van der Waals surface area contributed by atoms with Gasteiger partial charge < -0.3 is 19.8 Å². The first-order valence-corrected chi connectivity index (χ1v) is 12.5. The van der Waals surface area contributed by atoms with Crippen molar-refractivity contribution in [3.63, 3.8) is 0 Å². The molecule has 6 rings (SSSR count). The highest BCUT2D eigenvalue weighted by atomic mass is 16.2. The number of hydrogen-bond acceptors (Lipinski definition) is 6. The molecule has 37 heavy (non-hydrogen) atoms. The SMILES string of the molecule is CC(NC(=O)c1nc2c(N3CCC(n4c(=O)[nH]c5ccccc54)CC3)ncnc2n1C)c1ccccc1. The van der Waals surface area contributed by atoms with Gasteiger partial charge in [0, 0.05) is 26.2 Å². The second kappa shape index (κ2) is 9.20. The van der Waals surface area contributed by atoms with Crippen molar-refractivity contribution in [2.24, 2.45) is 7.05 Å². The molecule has 3 aromatic heterocycles. The number of hydrogen-bond donors (Lipinski definition) is 2. The van der Waals surface area contributed by atoms with Gasteiger partial charge in [-0.25, -0.2) is 19.7 Å². The van der Waals surface area contributed by atoms with Gasteiger partial charge >= 0.3 is 5.69 Å². The second-order valence-electron chi connectivity index (χ2n) is 9.51. The number of imidazole rings is 2. The lowest BCUT2D eigenvalue weighted by molar-refractivity contribution is 0.0926. The first-order valence-electron chi connectivity index (χ1n) is 12.5. The molecular weight excluding hydrogens is 468 g/mol. The molecule has 1 unspecified atom stereocenters. The highest BCUT2D eigenvalue weighted by Crippen LogP contribution is 2.30. The summed E-state index contributed by atoms with van der Waals surface area (Å²) >= 11 is 0. The number of aromatic nitrogens is 6. The van der Waals surface area contributed by atoms with Gasteiger partial charge in [-0.3, -0.25) is 9.36 Å². The molecule has 188 valence electrons. The van der Waals surface area contributed by atoms with Gasteiger partial charge in [0.15, 0.2) is 17.0 Å². The number of nitrogens with one attached hydrogen (secondary N) is 2. The molecule has 5 aromatic rings. The molecule has 0 radical (unpaired) electrons. The maximum Gasteiger partial charge on any atom is 0.326 e. The third kappa shape index (κ3) is 4.04. The van der Waals surface area contributed by atoms with Gasteiger partial charge in [-0.2, -0.15) is 0 Å². The fraction of sp³-hybridized carbons (Fsp3) is 0.296. The van der Waals surface area contributed by atoms with Crippen LogP contribution in [0.2, 0.25) is 0 Å². The van der Waals surface area contributed by atoms with Crippen LogP contribution in [-0.2, 0) is 7.05 Å². The Morgan fingerprint density at radius 2 is 1.78 bits per heavy atom. The summed E-state index contributed by atoms with van der Waals surface area (Å²) in [5, 5.41) is 3.04. The molecule has 1 aliphatic heterocycles. The molecule has 2 aromatic carbocycles. The van der Waals surface area contributed by atoms with Crippen molar-refractivity contribution < 1.29 is 4.79 Å². The van der Waals surface area contributed by atoms with Crippen LogP contribution in [0.3, 0.4) is 0 Å². The molecule has 1 saturated heterocycles. The summed E-state index contributed by atoms with van der Waals surface area (Å²) in [5.74, 6) is 0.737.